The van der Waals surface area contributed by atoms with Crippen LogP contribution in [0.2, 0.25) is 0 Å². The Labute approximate surface area is 125 Å². The number of benzene rings is 2. The lowest BCUT2D eigenvalue weighted by atomic mass is 10.2. The molecule has 0 fully saturated rings. The Morgan fingerprint density at radius 1 is 1.10 bits per heavy atom. The van der Waals surface area contributed by atoms with E-state index in [-0.39, 0.29) is 0 Å². The molecule has 0 radical (unpaired) electrons. The minimum atomic E-state index is 0.505. The molecule has 20 heavy (non-hydrogen) atoms. The van der Waals surface area contributed by atoms with Crippen LogP contribution in [0.3, 0.4) is 0 Å². The number of anilines is 1. The molecule has 0 saturated carbocycles. The number of fused-ring (bicyclic) bond motifs is 1. The molecule has 2 aromatic carbocycles. The second kappa shape index (κ2) is 5.51. The van der Waals surface area contributed by atoms with Crippen LogP contribution in [0.4, 0.5) is 5.69 Å². The maximum atomic E-state index is 5.92. The zero-order valence-electron chi connectivity index (χ0n) is 10.7. The summed E-state index contributed by atoms with van der Waals surface area (Å²) in [6, 6.07) is 15.5. The summed E-state index contributed by atoms with van der Waals surface area (Å²) in [6.07, 6.45) is 1.73. The van der Waals surface area contributed by atoms with Crippen LogP contribution < -0.4 is 10.5 Å². The Bertz CT molecular complexity index is 758. The fourth-order valence-electron chi connectivity index (χ4n) is 2.04. The van der Waals surface area contributed by atoms with E-state index < -0.39 is 0 Å². The van der Waals surface area contributed by atoms with Gasteiger partial charge in [0.1, 0.15) is 12.4 Å². The lowest BCUT2D eigenvalue weighted by Crippen LogP contribution is -1.97. The molecule has 0 spiro atoms. The number of hydrogen-bond acceptors (Lipinski definition) is 3. The second-order valence-corrected chi connectivity index (χ2v) is 5.32. The molecule has 100 valence electrons. The van der Waals surface area contributed by atoms with E-state index in [1.807, 2.05) is 48.5 Å². The normalized spacial score (nSPS) is 10.7. The molecule has 2 N–H and O–H groups in total. The van der Waals surface area contributed by atoms with Gasteiger partial charge in [-0.1, -0.05) is 34.1 Å². The van der Waals surface area contributed by atoms with Gasteiger partial charge in [0.2, 0.25) is 0 Å². The van der Waals surface area contributed by atoms with Crippen molar-refractivity contribution in [2.75, 3.05) is 5.73 Å². The molecular weight excluding hydrogens is 316 g/mol. The third-order valence-corrected chi connectivity index (χ3v) is 3.84. The molecule has 0 aliphatic rings. The third kappa shape index (κ3) is 2.60. The second-order valence-electron chi connectivity index (χ2n) is 4.47. The van der Waals surface area contributed by atoms with Crippen LogP contribution in [-0.2, 0) is 6.61 Å². The van der Waals surface area contributed by atoms with Gasteiger partial charge >= 0.3 is 0 Å². The van der Waals surface area contributed by atoms with Crippen molar-refractivity contribution in [1.82, 2.24) is 4.98 Å². The highest BCUT2D eigenvalue weighted by Crippen LogP contribution is 2.27. The van der Waals surface area contributed by atoms with E-state index in [0.29, 0.717) is 12.3 Å². The van der Waals surface area contributed by atoms with E-state index in [1.54, 1.807) is 6.20 Å². The molecule has 1 aromatic heterocycles. The predicted octanol–water partition coefficient (Wildman–Crippen LogP) is 4.16. The summed E-state index contributed by atoms with van der Waals surface area (Å²) in [6.45, 7) is 0.505. The van der Waals surface area contributed by atoms with E-state index in [0.717, 1.165) is 26.7 Å². The number of hydrogen-bond donors (Lipinski definition) is 1. The topological polar surface area (TPSA) is 48.1 Å². The molecular formula is C16H13BrN2O. The molecule has 1 heterocycles. The molecule has 0 aliphatic carbocycles. The van der Waals surface area contributed by atoms with Gasteiger partial charge < -0.3 is 10.5 Å². The van der Waals surface area contributed by atoms with Crippen molar-refractivity contribution < 1.29 is 4.74 Å². The van der Waals surface area contributed by atoms with E-state index in [9.17, 15) is 0 Å². The first-order valence-corrected chi connectivity index (χ1v) is 7.04. The lowest BCUT2D eigenvalue weighted by Gasteiger charge is -2.10. The first-order chi connectivity index (χ1) is 9.74. The van der Waals surface area contributed by atoms with Crippen molar-refractivity contribution in [2.45, 2.75) is 6.61 Å². The summed E-state index contributed by atoms with van der Waals surface area (Å²) in [7, 11) is 0. The summed E-state index contributed by atoms with van der Waals surface area (Å²) in [5.74, 6) is 0.811. The van der Waals surface area contributed by atoms with Crippen LogP contribution in [0.15, 0.2) is 59.2 Å². The number of rotatable bonds is 3. The van der Waals surface area contributed by atoms with Crippen molar-refractivity contribution in [3.63, 3.8) is 0 Å². The number of ether oxygens (including phenoxy) is 1. The van der Waals surface area contributed by atoms with Gasteiger partial charge in [-0.15, -0.1) is 0 Å². The monoisotopic (exact) mass is 328 g/mol. The van der Waals surface area contributed by atoms with Gasteiger partial charge in [0.15, 0.2) is 0 Å². The van der Waals surface area contributed by atoms with Crippen LogP contribution in [0.5, 0.6) is 5.75 Å². The van der Waals surface area contributed by atoms with Gasteiger partial charge in [-0.05, 0) is 30.3 Å². The first-order valence-electron chi connectivity index (χ1n) is 6.24. The minimum Gasteiger partial charge on any atom is -0.488 e. The largest absolute Gasteiger partial charge is 0.488 e. The highest BCUT2D eigenvalue weighted by molar-refractivity contribution is 9.10. The Hall–Kier alpha value is -2.07. The highest BCUT2D eigenvalue weighted by atomic mass is 79.9. The summed E-state index contributed by atoms with van der Waals surface area (Å²) >= 11 is 3.52. The van der Waals surface area contributed by atoms with Crippen molar-refractivity contribution >= 4 is 32.5 Å². The smallest absolute Gasteiger partial charge is 0.130 e. The molecule has 3 rings (SSSR count). The zero-order valence-corrected chi connectivity index (χ0v) is 12.3. The third-order valence-electron chi connectivity index (χ3n) is 3.07. The van der Waals surface area contributed by atoms with Crippen LogP contribution >= 0.6 is 15.9 Å². The van der Waals surface area contributed by atoms with Gasteiger partial charge in [-0.25, -0.2) is 0 Å². The number of nitrogen functional groups attached to an aromatic ring is 1. The Kier molecular flexibility index (Phi) is 3.56. The fraction of sp³-hybridized carbons (Fsp3) is 0.0625. The number of nitrogens with zero attached hydrogens (tertiary/aromatic N) is 1. The highest BCUT2D eigenvalue weighted by Gasteiger charge is 2.05. The number of aromatic nitrogens is 1. The lowest BCUT2D eigenvalue weighted by molar-refractivity contribution is 0.309. The summed E-state index contributed by atoms with van der Waals surface area (Å²) < 4.78 is 6.96. The maximum Gasteiger partial charge on any atom is 0.130 e. The van der Waals surface area contributed by atoms with Gasteiger partial charge in [0, 0.05) is 27.3 Å². The van der Waals surface area contributed by atoms with Crippen molar-refractivity contribution in [3.8, 4) is 5.75 Å². The van der Waals surface area contributed by atoms with Gasteiger partial charge in [-0.2, -0.15) is 0 Å². The molecule has 0 bridgehead atoms. The van der Waals surface area contributed by atoms with Crippen molar-refractivity contribution in [2.24, 2.45) is 0 Å². The molecule has 0 unspecified atom stereocenters. The maximum absolute atomic E-state index is 5.92. The molecule has 0 amide bonds. The molecule has 3 nitrogen and oxygen atoms in total. The van der Waals surface area contributed by atoms with E-state index in [2.05, 4.69) is 20.9 Å². The Balaban J connectivity index is 1.90. The quantitative estimate of drug-likeness (QED) is 0.734. The zero-order chi connectivity index (χ0) is 13.9. The summed E-state index contributed by atoms with van der Waals surface area (Å²) in [4.78, 5) is 4.31. The van der Waals surface area contributed by atoms with Gasteiger partial charge in [0.05, 0.1) is 5.52 Å². The number of halogens is 1. The number of pyridine rings is 1. The fourth-order valence-corrected chi connectivity index (χ4v) is 2.43. The average Bonchev–Trinajstić information content (AvgIpc) is 2.46. The molecule has 0 aliphatic heterocycles. The Morgan fingerprint density at radius 2 is 1.95 bits per heavy atom. The molecule has 3 aromatic rings. The number of nitrogens with two attached hydrogens (primary N) is 1. The van der Waals surface area contributed by atoms with Crippen LogP contribution in [0, 0.1) is 0 Å². The average molecular weight is 329 g/mol. The van der Waals surface area contributed by atoms with Crippen molar-refractivity contribution in [1.29, 1.82) is 0 Å². The van der Waals surface area contributed by atoms with E-state index in [4.69, 9.17) is 10.5 Å². The summed E-state index contributed by atoms with van der Waals surface area (Å²) in [5, 5.41) is 0.966. The van der Waals surface area contributed by atoms with Crippen LogP contribution in [0.25, 0.3) is 10.9 Å². The van der Waals surface area contributed by atoms with Gasteiger partial charge in [-0.3, -0.25) is 4.98 Å². The Morgan fingerprint density at radius 3 is 2.80 bits per heavy atom. The predicted molar refractivity (Wildman–Crippen MR) is 84.6 cm³/mol. The summed E-state index contributed by atoms with van der Waals surface area (Å²) in [5.41, 5.74) is 8.42. The van der Waals surface area contributed by atoms with E-state index >= 15 is 0 Å². The van der Waals surface area contributed by atoms with Crippen molar-refractivity contribution in [3.05, 3.63) is 64.8 Å². The molecule has 4 heteroatoms. The van der Waals surface area contributed by atoms with E-state index in [1.165, 1.54) is 0 Å². The van der Waals surface area contributed by atoms with Crippen LogP contribution in [-0.4, -0.2) is 4.98 Å². The molecule has 0 saturated heterocycles. The molecule has 0 atom stereocenters. The first kappa shape index (κ1) is 12.9. The SMILES string of the molecule is Nc1ccc2c(OCc3ccccc3Br)ccnc2c1. The standard InChI is InChI=1S/C16H13BrN2O/c17-14-4-2-1-3-11(14)10-20-16-7-8-19-15-9-12(18)5-6-13(15)16/h1-9H,10,18H2. The van der Waals surface area contributed by atoms with Gasteiger partial charge in [0.25, 0.3) is 0 Å². The minimum absolute atomic E-state index is 0.505. The van der Waals surface area contributed by atoms with Crippen LogP contribution in [0.1, 0.15) is 5.56 Å².